The highest BCUT2D eigenvalue weighted by molar-refractivity contribution is 8.10. The molecule has 0 fully saturated rings. The van der Waals surface area contributed by atoms with Gasteiger partial charge in [0.15, 0.2) is 0 Å². The third-order valence-corrected chi connectivity index (χ3v) is 5.09. The molecule has 0 saturated heterocycles. The summed E-state index contributed by atoms with van der Waals surface area (Å²) in [5, 5.41) is 0. The molecule has 0 spiro atoms. The normalized spacial score (nSPS) is 18.1. The summed E-state index contributed by atoms with van der Waals surface area (Å²) in [5.74, 6) is 0. The van der Waals surface area contributed by atoms with Crippen LogP contribution in [0.25, 0.3) is 0 Å². The van der Waals surface area contributed by atoms with Crippen LogP contribution in [0.3, 0.4) is 0 Å². The molecule has 2 rings (SSSR count). The number of hydrogen-bond acceptors (Lipinski definition) is 3. The number of para-hydroxylation sites is 1. The van der Waals surface area contributed by atoms with Crippen LogP contribution in [0.2, 0.25) is 0 Å². The fraction of sp³-hybridized carbons (Fsp3) is 0.600. The number of rotatable bonds is 7. The fourth-order valence-electron chi connectivity index (χ4n) is 2.38. The molecule has 0 N–H and O–H groups in total. The third-order valence-electron chi connectivity index (χ3n) is 3.43. The lowest BCUT2D eigenvalue weighted by molar-refractivity contribution is 0.604. The molecule has 100 valence electrons. The van der Waals surface area contributed by atoms with Crippen LogP contribution in [0.15, 0.2) is 29.2 Å². The van der Waals surface area contributed by atoms with Crippen molar-refractivity contribution in [1.29, 1.82) is 0 Å². The van der Waals surface area contributed by atoms with E-state index in [2.05, 4.69) is 48.7 Å². The summed E-state index contributed by atoms with van der Waals surface area (Å²) in [6, 6.07) is 8.65. The Morgan fingerprint density at radius 3 is 2.67 bits per heavy atom. The number of nitrogens with zero attached hydrogens (tertiary/aromatic N) is 1. The molecular weight excluding hydrogens is 258 g/mol. The molecule has 1 atom stereocenters. The van der Waals surface area contributed by atoms with Crippen molar-refractivity contribution in [3.63, 3.8) is 0 Å². The number of thioether (sulfide) groups is 1. The third kappa shape index (κ3) is 3.61. The van der Waals surface area contributed by atoms with Crippen molar-refractivity contribution >= 4 is 30.1 Å². The van der Waals surface area contributed by atoms with Gasteiger partial charge in [0.25, 0.3) is 0 Å². The van der Waals surface area contributed by atoms with Gasteiger partial charge in [0.1, 0.15) is 4.71 Å². The van der Waals surface area contributed by atoms with Gasteiger partial charge in [-0.1, -0.05) is 62.9 Å². The summed E-state index contributed by atoms with van der Waals surface area (Å²) in [6.45, 7) is 3.41. The summed E-state index contributed by atoms with van der Waals surface area (Å²) in [7, 11) is 0. The monoisotopic (exact) mass is 281 g/mol. The van der Waals surface area contributed by atoms with Crippen molar-refractivity contribution < 1.29 is 0 Å². The van der Waals surface area contributed by atoms with Gasteiger partial charge in [0, 0.05) is 11.4 Å². The van der Waals surface area contributed by atoms with E-state index in [0.29, 0.717) is 4.71 Å². The topological polar surface area (TPSA) is 3.24 Å². The number of anilines is 1. The van der Waals surface area contributed by atoms with Crippen molar-refractivity contribution in [3.8, 4) is 0 Å². The van der Waals surface area contributed by atoms with Gasteiger partial charge < -0.3 is 4.90 Å². The molecule has 0 bridgehead atoms. The molecule has 0 aliphatic carbocycles. The first-order chi connectivity index (χ1) is 8.83. The smallest absolute Gasteiger partial charge is 0.124 e. The van der Waals surface area contributed by atoms with Crippen molar-refractivity contribution in [2.75, 3.05) is 11.4 Å². The average molecular weight is 281 g/mol. The molecule has 1 aliphatic rings. The molecule has 0 amide bonds. The zero-order chi connectivity index (χ0) is 12.8. The van der Waals surface area contributed by atoms with Gasteiger partial charge in [-0.2, -0.15) is 0 Å². The molecule has 1 unspecified atom stereocenters. The first-order valence-corrected chi connectivity index (χ1v) is 8.43. The Labute approximate surface area is 121 Å². The Hall–Kier alpha value is -0.280. The van der Waals surface area contributed by atoms with Crippen LogP contribution in [0.1, 0.15) is 45.4 Å². The van der Waals surface area contributed by atoms with Crippen LogP contribution in [-0.4, -0.2) is 11.3 Å². The molecule has 0 aromatic heterocycles. The highest BCUT2D eigenvalue weighted by atomic mass is 32.2. The minimum absolute atomic E-state index is 0.304. The van der Waals surface area contributed by atoms with Crippen LogP contribution in [-0.2, 0) is 0 Å². The average Bonchev–Trinajstić information content (AvgIpc) is 2.70. The van der Waals surface area contributed by atoms with Crippen LogP contribution in [0.4, 0.5) is 5.69 Å². The lowest BCUT2D eigenvalue weighted by atomic mass is 10.1. The summed E-state index contributed by atoms with van der Waals surface area (Å²) in [4.78, 5) is 3.81. The van der Waals surface area contributed by atoms with Gasteiger partial charge in [-0.15, -0.1) is 12.6 Å². The van der Waals surface area contributed by atoms with Crippen molar-refractivity contribution in [3.05, 3.63) is 24.3 Å². The Morgan fingerprint density at radius 2 is 1.83 bits per heavy atom. The van der Waals surface area contributed by atoms with E-state index in [0.717, 1.165) is 6.54 Å². The molecule has 1 aliphatic heterocycles. The number of unbranched alkanes of at least 4 members (excludes halogenated alkanes) is 5. The maximum absolute atomic E-state index is 4.68. The van der Waals surface area contributed by atoms with Crippen molar-refractivity contribution in [2.24, 2.45) is 0 Å². The van der Waals surface area contributed by atoms with Crippen LogP contribution >= 0.6 is 24.4 Å². The summed E-state index contributed by atoms with van der Waals surface area (Å²) < 4.78 is 0.304. The Bertz CT molecular complexity index is 367. The minimum atomic E-state index is 0.304. The van der Waals surface area contributed by atoms with Crippen LogP contribution in [0.5, 0.6) is 0 Å². The lowest BCUT2D eigenvalue weighted by Gasteiger charge is -2.23. The van der Waals surface area contributed by atoms with E-state index in [9.17, 15) is 0 Å². The molecule has 3 heteroatoms. The summed E-state index contributed by atoms with van der Waals surface area (Å²) in [6.07, 6.45) is 8.13. The standard InChI is InChI=1S/C15H23NS2/c1-2-3-4-5-6-9-12-16-13-10-7-8-11-14(13)18-15(16)17/h7-8,10-11,15,17H,2-6,9,12H2,1H3. The van der Waals surface area contributed by atoms with E-state index in [1.807, 2.05) is 11.8 Å². The number of fused-ring (bicyclic) bond motifs is 1. The zero-order valence-electron chi connectivity index (χ0n) is 11.1. The summed E-state index contributed by atoms with van der Waals surface area (Å²) >= 11 is 6.54. The highest BCUT2D eigenvalue weighted by Gasteiger charge is 2.26. The van der Waals surface area contributed by atoms with E-state index < -0.39 is 0 Å². The predicted molar refractivity (Wildman–Crippen MR) is 85.8 cm³/mol. The van der Waals surface area contributed by atoms with E-state index in [1.165, 1.54) is 49.1 Å². The van der Waals surface area contributed by atoms with Gasteiger partial charge in [-0.25, -0.2) is 0 Å². The second kappa shape index (κ2) is 7.34. The maximum Gasteiger partial charge on any atom is 0.124 e. The van der Waals surface area contributed by atoms with Gasteiger partial charge >= 0.3 is 0 Å². The maximum atomic E-state index is 4.68. The molecule has 0 radical (unpaired) electrons. The molecule has 1 aromatic rings. The van der Waals surface area contributed by atoms with Gasteiger partial charge in [-0.3, -0.25) is 0 Å². The lowest BCUT2D eigenvalue weighted by Crippen LogP contribution is -2.26. The molecule has 18 heavy (non-hydrogen) atoms. The van der Waals surface area contributed by atoms with E-state index >= 15 is 0 Å². The second-order valence-electron chi connectivity index (χ2n) is 4.87. The Kier molecular flexibility index (Phi) is 5.77. The van der Waals surface area contributed by atoms with Crippen molar-refractivity contribution in [2.45, 2.75) is 55.1 Å². The van der Waals surface area contributed by atoms with E-state index in [4.69, 9.17) is 0 Å². The zero-order valence-corrected chi connectivity index (χ0v) is 12.9. The number of thiol groups is 1. The van der Waals surface area contributed by atoms with Gasteiger partial charge in [0.05, 0.1) is 5.69 Å². The van der Waals surface area contributed by atoms with Crippen LogP contribution < -0.4 is 4.90 Å². The Balaban J connectivity index is 1.76. The molecule has 0 saturated carbocycles. The Morgan fingerprint density at radius 1 is 1.11 bits per heavy atom. The molecule has 1 heterocycles. The second-order valence-corrected chi connectivity index (χ2v) is 6.83. The number of hydrogen-bond donors (Lipinski definition) is 1. The summed E-state index contributed by atoms with van der Waals surface area (Å²) in [5.41, 5.74) is 1.37. The molecule has 1 nitrogen and oxygen atoms in total. The van der Waals surface area contributed by atoms with E-state index in [-0.39, 0.29) is 0 Å². The minimum Gasteiger partial charge on any atom is -0.350 e. The fourth-order valence-corrected chi connectivity index (χ4v) is 4.00. The number of benzene rings is 1. The predicted octanol–water partition coefficient (Wildman–Crippen LogP) is 5.17. The van der Waals surface area contributed by atoms with Crippen molar-refractivity contribution in [1.82, 2.24) is 0 Å². The molecule has 1 aromatic carbocycles. The quantitative estimate of drug-likeness (QED) is 0.542. The first kappa shape index (κ1) is 14.1. The largest absolute Gasteiger partial charge is 0.350 e. The highest BCUT2D eigenvalue weighted by Crippen LogP contribution is 2.44. The SMILES string of the molecule is CCCCCCCCN1c2ccccc2SC1S. The first-order valence-electron chi connectivity index (χ1n) is 7.03. The van der Waals surface area contributed by atoms with Gasteiger partial charge in [-0.05, 0) is 18.6 Å². The van der Waals surface area contributed by atoms with Crippen LogP contribution in [0, 0.1) is 0 Å². The molecular formula is C15H23NS2. The van der Waals surface area contributed by atoms with E-state index in [1.54, 1.807) is 0 Å². The van der Waals surface area contributed by atoms with Gasteiger partial charge in [0.2, 0.25) is 0 Å².